The van der Waals surface area contributed by atoms with Gasteiger partial charge in [-0.25, -0.2) is 4.39 Å². The molecule has 1 saturated heterocycles. The summed E-state index contributed by atoms with van der Waals surface area (Å²) in [6.45, 7) is 3.54. The highest BCUT2D eigenvalue weighted by molar-refractivity contribution is 6.00. The highest BCUT2D eigenvalue weighted by Crippen LogP contribution is 2.23. The molecule has 1 aliphatic rings. The molecule has 1 fully saturated rings. The SMILES string of the molecule is CN1CCN(c2cccc(F)c2C(=N)N)CC1. The van der Waals surface area contributed by atoms with E-state index in [1.165, 1.54) is 6.07 Å². The summed E-state index contributed by atoms with van der Waals surface area (Å²) in [5.41, 5.74) is 6.40. The zero-order valence-electron chi connectivity index (χ0n) is 9.91. The first kappa shape index (κ1) is 11.9. The summed E-state index contributed by atoms with van der Waals surface area (Å²) in [7, 11) is 2.06. The second-order valence-corrected chi connectivity index (χ2v) is 4.34. The summed E-state index contributed by atoms with van der Waals surface area (Å²) in [6, 6.07) is 4.83. The van der Waals surface area contributed by atoms with Gasteiger partial charge < -0.3 is 15.5 Å². The largest absolute Gasteiger partial charge is 0.384 e. The summed E-state index contributed by atoms with van der Waals surface area (Å²) in [5.74, 6) is -0.633. The molecular weight excluding hydrogens is 219 g/mol. The number of rotatable bonds is 2. The molecule has 0 atom stereocenters. The van der Waals surface area contributed by atoms with E-state index in [0.29, 0.717) is 0 Å². The van der Waals surface area contributed by atoms with Crippen LogP contribution < -0.4 is 10.6 Å². The lowest BCUT2D eigenvalue weighted by atomic mass is 10.1. The molecule has 0 aromatic heterocycles. The van der Waals surface area contributed by atoms with Gasteiger partial charge in [-0.15, -0.1) is 0 Å². The number of amidine groups is 1. The van der Waals surface area contributed by atoms with Gasteiger partial charge in [-0.3, -0.25) is 5.41 Å². The Morgan fingerprint density at radius 3 is 2.53 bits per heavy atom. The van der Waals surface area contributed by atoms with Gasteiger partial charge in [0.1, 0.15) is 11.7 Å². The highest BCUT2D eigenvalue weighted by atomic mass is 19.1. The molecule has 1 heterocycles. The van der Waals surface area contributed by atoms with Crippen LogP contribution in [-0.2, 0) is 0 Å². The van der Waals surface area contributed by atoms with Gasteiger partial charge in [-0.05, 0) is 19.2 Å². The molecule has 0 saturated carbocycles. The molecule has 5 heteroatoms. The van der Waals surface area contributed by atoms with Crippen molar-refractivity contribution in [1.82, 2.24) is 4.90 Å². The summed E-state index contributed by atoms with van der Waals surface area (Å²) in [6.07, 6.45) is 0. The van der Waals surface area contributed by atoms with Gasteiger partial charge >= 0.3 is 0 Å². The molecule has 0 bridgehead atoms. The van der Waals surface area contributed by atoms with Crippen molar-refractivity contribution in [3.8, 4) is 0 Å². The lowest BCUT2D eigenvalue weighted by molar-refractivity contribution is 0.312. The number of likely N-dealkylation sites (N-methyl/N-ethyl adjacent to an activating group) is 1. The molecule has 2 rings (SSSR count). The zero-order valence-corrected chi connectivity index (χ0v) is 9.91. The molecular formula is C12H17FN4. The van der Waals surface area contributed by atoms with Crippen molar-refractivity contribution >= 4 is 11.5 Å². The van der Waals surface area contributed by atoms with E-state index in [-0.39, 0.29) is 11.4 Å². The van der Waals surface area contributed by atoms with Crippen LogP contribution in [0.3, 0.4) is 0 Å². The van der Waals surface area contributed by atoms with E-state index in [0.717, 1.165) is 31.9 Å². The Morgan fingerprint density at radius 1 is 1.29 bits per heavy atom. The van der Waals surface area contributed by atoms with E-state index >= 15 is 0 Å². The van der Waals surface area contributed by atoms with E-state index < -0.39 is 5.82 Å². The molecule has 92 valence electrons. The normalized spacial score (nSPS) is 17.2. The molecule has 1 aromatic carbocycles. The first-order valence-corrected chi connectivity index (χ1v) is 5.66. The van der Waals surface area contributed by atoms with Crippen LogP contribution in [0.1, 0.15) is 5.56 Å². The van der Waals surface area contributed by atoms with Gasteiger partial charge in [-0.2, -0.15) is 0 Å². The number of piperazine rings is 1. The predicted octanol–water partition coefficient (Wildman–Crippen LogP) is 0.862. The van der Waals surface area contributed by atoms with Crippen molar-refractivity contribution in [3.05, 3.63) is 29.6 Å². The number of nitrogens with one attached hydrogen (secondary N) is 1. The van der Waals surface area contributed by atoms with E-state index in [1.807, 2.05) is 6.07 Å². The number of hydrogen-bond acceptors (Lipinski definition) is 3. The molecule has 0 unspecified atom stereocenters. The third-order valence-electron chi connectivity index (χ3n) is 3.10. The number of nitrogens with two attached hydrogens (primary N) is 1. The Bertz CT molecular complexity index is 425. The molecule has 3 N–H and O–H groups in total. The minimum absolute atomic E-state index is 0.211. The van der Waals surface area contributed by atoms with E-state index in [2.05, 4.69) is 16.8 Å². The van der Waals surface area contributed by atoms with Gasteiger partial charge in [0.25, 0.3) is 0 Å². The fraction of sp³-hybridized carbons (Fsp3) is 0.417. The fourth-order valence-electron chi connectivity index (χ4n) is 2.09. The molecule has 0 amide bonds. The van der Waals surface area contributed by atoms with Gasteiger partial charge in [0.2, 0.25) is 0 Å². The van der Waals surface area contributed by atoms with E-state index in [4.69, 9.17) is 11.1 Å². The maximum absolute atomic E-state index is 13.7. The number of nitrogen functional groups attached to an aromatic ring is 1. The lowest BCUT2D eigenvalue weighted by Crippen LogP contribution is -2.45. The van der Waals surface area contributed by atoms with Gasteiger partial charge in [0.05, 0.1) is 11.3 Å². The number of anilines is 1. The Morgan fingerprint density at radius 2 is 1.94 bits per heavy atom. The molecule has 0 radical (unpaired) electrons. The van der Waals surface area contributed by atoms with Gasteiger partial charge in [0, 0.05) is 26.2 Å². The zero-order chi connectivity index (χ0) is 12.4. The van der Waals surface area contributed by atoms with Crippen molar-refractivity contribution in [2.24, 2.45) is 5.73 Å². The number of benzene rings is 1. The average Bonchev–Trinajstić information content (AvgIpc) is 2.29. The Labute approximate surface area is 100 Å². The first-order chi connectivity index (χ1) is 8.09. The molecule has 0 aliphatic carbocycles. The molecule has 1 aliphatic heterocycles. The Balaban J connectivity index is 2.32. The van der Waals surface area contributed by atoms with Gasteiger partial charge in [-0.1, -0.05) is 6.07 Å². The van der Waals surface area contributed by atoms with Crippen molar-refractivity contribution in [1.29, 1.82) is 5.41 Å². The third-order valence-corrected chi connectivity index (χ3v) is 3.10. The molecule has 17 heavy (non-hydrogen) atoms. The van der Waals surface area contributed by atoms with Crippen molar-refractivity contribution in [2.45, 2.75) is 0 Å². The quantitative estimate of drug-likeness (QED) is 0.591. The number of nitrogens with zero attached hydrogens (tertiary/aromatic N) is 2. The van der Waals surface area contributed by atoms with Crippen LogP contribution in [0.4, 0.5) is 10.1 Å². The van der Waals surface area contributed by atoms with Crippen LogP contribution in [0.2, 0.25) is 0 Å². The van der Waals surface area contributed by atoms with Crippen LogP contribution in [0.25, 0.3) is 0 Å². The van der Waals surface area contributed by atoms with Crippen LogP contribution in [0.15, 0.2) is 18.2 Å². The van der Waals surface area contributed by atoms with Crippen LogP contribution >= 0.6 is 0 Å². The summed E-state index contributed by atoms with van der Waals surface area (Å²) in [5, 5.41) is 7.48. The monoisotopic (exact) mass is 236 g/mol. The van der Waals surface area contributed by atoms with Crippen LogP contribution in [0, 0.1) is 11.2 Å². The number of halogens is 1. The molecule has 4 nitrogen and oxygen atoms in total. The lowest BCUT2D eigenvalue weighted by Gasteiger charge is -2.35. The second-order valence-electron chi connectivity index (χ2n) is 4.34. The maximum Gasteiger partial charge on any atom is 0.136 e. The van der Waals surface area contributed by atoms with Crippen molar-refractivity contribution < 1.29 is 4.39 Å². The van der Waals surface area contributed by atoms with Crippen molar-refractivity contribution in [3.63, 3.8) is 0 Å². The van der Waals surface area contributed by atoms with Crippen LogP contribution in [-0.4, -0.2) is 44.0 Å². The topological polar surface area (TPSA) is 56.4 Å². The summed E-state index contributed by atoms with van der Waals surface area (Å²) < 4.78 is 13.7. The highest BCUT2D eigenvalue weighted by Gasteiger charge is 2.20. The van der Waals surface area contributed by atoms with Crippen LogP contribution in [0.5, 0.6) is 0 Å². The third kappa shape index (κ3) is 2.39. The standard InChI is InChI=1S/C12H17FN4/c1-16-5-7-17(8-6-16)10-4-2-3-9(13)11(10)12(14)15/h2-4H,5-8H2,1H3,(H3,14,15). The molecule has 1 aromatic rings. The maximum atomic E-state index is 13.7. The smallest absolute Gasteiger partial charge is 0.136 e. The van der Waals surface area contributed by atoms with E-state index in [1.54, 1.807) is 6.07 Å². The fourth-order valence-corrected chi connectivity index (χ4v) is 2.09. The predicted molar refractivity (Wildman–Crippen MR) is 67.1 cm³/mol. The minimum Gasteiger partial charge on any atom is -0.384 e. The van der Waals surface area contributed by atoms with Gasteiger partial charge in [0.15, 0.2) is 0 Å². The Kier molecular flexibility index (Phi) is 3.28. The average molecular weight is 236 g/mol. The van der Waals surface area contributed by atoms with E-state index in [9.17, 15) is 4.39 Å². The minimum atomic E-state index is -0.422. The Hall–Kier alpha value is -1.62. The summed E-state index contributed by atoms with van der Waals surface area (Å²) >= 11 is 0. The second kappa shape index (κ2) is 4.71. The first-order valence-electron chi connectivity index (χ1n) is 5.66. The number of hydrogen-bond donors (Lipinski definition) is 2. The molecule has 0 spiro atoms. The van der Waals surface area contributed by atoms with Crippen molar-refractivity contribution in [2.75, 3.05) is 38.1 Å². The summed E-state index contributed by atoms with van der Waals surface area (Å²) in [4.78, 5) is 4.31.